The van der Waals surface area contributed by atoms with Gasteiger partial charge < -0.3 is 15.8 Å². The molecule has 26 heavy (non-hydrogen) atoms. The van der Waals surface area contributed by atoms with Gasteiger partial charge >= 0.3 is 5.97 Å². The topological polar surface area (TPSA) is 98.5 Å². The van der Waals surface area contributed by atoms with Gasteiger partial charge in [0, 0.05) is 6.08 Å². The quantitative estimate of drug-likeness (QED) is 0.558. The fourth-order valence-corrected chi connectivity index (χ4v) is 2.52. The van der Waals surface area contributed by atoms with Crippen LogP contribution < -0.4 is 11.1 Å². The summed E-state index contributed by atoms with van der Waals surface area (Å²) in [5, 5.41) is 4.74. The summed E-state index contributed by atoms with van der Waals surface area (Å²) in [5.41, 5.74) is 6.16. The molecule has 0 saturated heterocycles. The molecule has 2 aromatic carbocycles. The summed E-state index contributed by atoms with van der Waals surface area (Å²) in [6.45, 7) is 1.97. The lowest BCUT2D eigenvalue weighted by atomic mass is 10.0. The number of nitrogens with two attached hydrogens (primary N) is 1. The summed E-state index contributed by atoms with van der Waals surface area (Å²) in [7, 11) is 0. The van der Waals surface area contributed by atoms with Gasteiger partial charge in [-0.15, -0.1) is 0 Å². The van der Waals surface area contributed by atoms with Crippen LogP contribution in [0.3, 0.4) is 0 Å². The van der Waals surface area contributed by atoms with Crippen molar-refractivity contribution < 1.29 is 19.1 Å². The number of nitrogens with one attached hydrogen (secondary N) is 1. The van der Waals surface area contributed by atoms with Crippen LogP contribution in [0.1, 0.15) is 18.9 Å². The van der Waals surface area contributed by atoms with E-state index < -0.39 is 17.9 Å². The third-order valence-electron chi connectivity index (χ3n) is 3.77. The number of rotatable bonds is 8. The van der Waals surface area contributed by atoms with E-state index in [0.717, 1.165) is 16.3 Å². The maximum Gasteiger partial charge on any atom is 0.330 e. The average molecular weight is 354 g/mol. The molecule has 2 amide bonds. The van der Waals surface area contributed by atoms with E-state index in [1.54, 1.807) is 6.92 Å². The molecule has 0 bridgehead atoms. The molecule has 0 aromatic heterocycles. The van der Waals surface area contributed by atoms with Crippen LogP contribution in [-0.2, 0) is 25.5 Å². The van der Waals surface area contributed by atoms with Crippen LogP contribution in [0.5, 0.6) is 0 Å². The van der Waals surface area contributed by atoms with Crippen molar-refractivity contribution in [2.45, 2.75) is 25.8 Å². The summed E-state index contributed by atoms with van der Waals surface area (Å²) >= 11 is 0. The minimum absolute atomic E-state index is 0.123. The Balaban J connectivity index is 1.95. The second kappa shape index (κ2) is 9.36. The highest BCUT2D eigenvalue weighted by atomic mass is 16.5. The highest BCUT2D eigenvalue weighted by molar-refractivity contribution is 5.89. The van der Waals surface area contributed by atoms with Crippen LogP contribution in [0.4, 0.5) is 0 Å². The fraction of sp³-hybridized carbons (Fsp3) is 0.250. The number of benzene rings is 2. The van der Waals surface area contributed by atoms with E-state index >= 15 is 0 Å². The van der Waals surface area contributed by atoms with E-state index in [1.807, 2.05) is 42.5 Å². The molecule has 6 nitrogen and oxygen atoms in total. The maximum atomic E-state index is 12.2. The Labute approximate surface area is 152 Å². The van der Waals surface area contributed by atoms with Crippen LogP contribution in [0.25, 0.3) is 10.8 Å². The van der Waals surface area contributed by atoms with Crippen molar-refractivity contribution >= 4 is 28.6 Å². The SMILES string of the molecule is CCOC(=O)/C=C/C[C@@H](NC(=O)Cc1ccc2ccccc2c1)C(N)=O. The predicted molar refractivity (Wildman–Crippen MR) is 99.2 cm³/mol. The van der Waals surface area contributed by atoms with Crippen LogP contribution in [0.2, 0.25) is 0 Å². The number of fused-ring (bicyclic) bond motifs is 1. The minimum atomic E-state index is -0.881. The van der Waals surface area contributed by atoms with E-state index in [1.165, 1.54) is 12.2 Å². The Hall–Kier alpha value is -3.15. The van der Waals surface area contributed by atoms with Crippen molar-refractivity contribution in [2.75, 3.05) is 6.61 Å². The molecule has 0 saturated carbocycles. The number of carbonyl (C=O) groups excluding carboxylic acids is 3. The van der Waals surface area contributed by atoms with E-state index in [-0.39, 0.29) is 25.4 Å². The van der Waals surface area contributed by atoms with E-state index in [9.17, 15) is 14.4 Å². The largest absolute Gasteiger partial charge is 0.463 e. The van der Waals surface area contributed by atoms with Gasteiger partial charge in [-0.25, -0.2) is 4.79 Å². The lowest BCUT2D eigenvalue weighted by molar-refractivity contribution is -0.137. The first-order valence-corrected chi connectivity index (χ1v) is 8.39. The number of hydrogen-bond donors (Lipinski definition) is 2. The molecule has 2 aromatic rings. The number of hydrogen-bond acceptors (Lipinski definition) is 4. The number of primary amides is 1. The van der Waals surface area contributed by atoms with Crippen molar-refractivity contribution in [3.63, 3.8) is 0 Å². The second-order valence-electron chi connectivity index (χ2n) is 5.77. The summed E-state index contributed by atoms with van der Waals surface area (Å²) in [4.78, 5) is 35.0. The molecular formula is C20H22N2O4. The van der Waals surface area contributed by atoms with Crippen LogP contribution >= 0.6 is 0 Å². The van der Waals surface area contributed by atoms with Crippen LogP contribution in [0.15, 0.2) is 54.6 Å². The number of carbonyl (C=O) groups is 3. The normalized spacial score (nSPS) is 12.0. The molecule has 1 atom stereocenters. The van der Waals surface area contributed by atoms with Crippen molar-refractivity contribution in [3.05, 3.63) is 60.2 Å². The Morgan fingerprint density at radius 2 is 1.88 bits per heavy atom. The lowest BCUT2D eigenvalue weighted by Gasteiger charge is -2.14. The van der Waals surface area contributed by atoms with Crippen molar-refractivity contribution in [1.29, 1.82) is 0 Å². The minimum Gasteiger partial charge on any atom is -0.463 e. The molecular weight excluding hydrogens is 332 g/mol. The van der Waals surface area contributed by atoms with Gasteiger partial charge in [0.1, 0.15) is 6.04 Å². The van der Waals surface area contributed by atoms with Crippen LogP contribution in [0, 0.1) is 0 Å². The van der Waals surface area contributed by atoms with E-state index in [4.69, 9.17) is 10.5 Å². The molecule has 136 valence electrons. The zero-order valence-corrected chi connectivity index (χ0v) is 14.6. The van der Waals surface area contributed by atoms with Crippen molar-refractivity contribution in [1.82, 2.24) is 5.32 Å². The summed E-state index contributed by atoms with van der Waals surface area (Å²) in [5.74, 6) is -1.47. The van der Waals surface area contributed by atoms with Gasteiger partial charge in [0.25, 0.3) is 0 Å². The first-order valence-electron chi connectivity index (χ1n) is 8.39. The maximum absolute atomic E-state index is 12.2. The highest BCUT2D eigenvalue weighted by Crippen LogP contribution is 2.16. The molecule has 2 rings (SSSR count). The molecule has 0 spiro atoms. The smallest absolute Gasteiger partial charge is 0.330 e. The molecule has 0 unspecified atom stereocenters. The Bertz CT molecular complexity index is 829. The third kappa shape index (κ3) is 5.73. The van der Waals surface area contributed by atoms with Crippen LogP contribution in [-0.4, -0.2) is 30.4 Å². The average Bonchev–Trinajstić information content (AvgIpc) is 2.61. The molecule has 0 heterocycles. The van der Waals surface area contributed by atoms with Gasteiger partial charge in [-0.05, 0) is 29.7 Å². The highest BCUT2D eigenvalue weighted by Gasteiger charge is 2.17. The van der Waals surface area contributed by atoms with Gasteiger partial charge in [0.15, 0.2) is 0 Å². The zero-order valence-electron chi connectivity index (χ0n) is 14.6. The van der Waals surface area contributed by atoms with Gasteiger partial charge in [-0.3, -0.25) is 9.59 Å². The van der Waals surface area contributed by atoms with Gasteiger partial charge in [-0.2, -0.15) is 0 Å². The second-order valence-corrected chi connectivity index (χ2v) is 5.77. The predicted octanol–water partition coefficient (Wildman–Crippen LogP) is 1.86. The molecule has 0 radical (unpaired) electrons. The van der Waals surface area contributed by atoms with Crippen molar-refractivity contribution in [3.8, 4) is 0 Å². The number of amides is 2. The standard InChI is InChI=1S/C20H22N2O4/c1-2-26-19(24)9-5-8-17(20(21)25)22-18(23)13-14-10-11-15-6-3-4-7-16(15)12-14/h3-7,9-12,17H,2,8,13H2,1H3,(H2,21,25)(H,22,23)/b9-5+/t17-/m1/s1. The third-order valence-corrected chi connectivity index (χ3v) is 3.77. The molecule has 0 aliphatic heterocycles. The van der Waals surface area contributed by atoms with E-state index in [0.29, 0.717) is 0 Å². The van der Waals surface area contributed by atoms with Gasteiger partial charge in [0.05, 0.1) is 13.0 Å². The summed E-state index contributed by atoms with van der Waals surface area (Å²) in [6, 6.07) is 12.7. The lowest BCUT2D eigenvalue weighted by Crippen LogP contribution is -2.44. The summed E-state index contributed by atoms with van der Waals surface area (Å²) in [6.07, 6.45) is 2.94. The zero-order chi connectivity index (χ0) is 18.9. The molecule has 6 heteroatoms. The molecule has 0 fully saturated rings. The molecule has 0 aliphatic carbocycles. The van der Waals surface area contributed by atoms with E-state index in [2.05, 4.69) is 5.32 Å². The molecule has 3 N–H and O–H groups in total. The summed E-state index contributed by atoms with van der Waals surface area (Å²) < 4.78 is 4.75. The van der Waals surface area contributed by atoms with Gasteiger partial charge in [-0.1, -0.05) is 48.5 Å². The first-order chi connectivity index (χ1) is 12.5. The monoisotopic (exact) mass is 354 g/mol. The Morgan fingerprint density at radius 1 is 1.15 bits per heavy atom. The number of esters is 1. The number of ether oxygens (including phenoxy) is 1. The fourth-order valence-electron chi connectivity index (χ4n) is 2.52. The molecule has 0 aliphatic rings. The first kappa shape index (κ1) is 19.2. The van der Waals surface area contributed by atoms with Crippen molar-refractivity contribution in [2.24, 2.45) is 5.73 Å². The Kier molecular flexibility index (Phi) is 6.91. The van der Waals surface area contributed by atoms with Gasteiger partial charge in [0.2, 0.25) is 11.8 Å². The Morgan fingerprint density at radius 3 is 2.58 bits per heavy atom.